The number of nitrogens with zero attached hydrogens (tertiary/aromatic N) is 1. The van der Waals surface area contributed by atoms with Gasteiger partial charge < -0.3 is 16.2 Å². The Morgan fingerprint density at radius 3 is 2.83 bits per heavy atom. The first-order valence-corrected chi connectivity index (χ1v) is 5.36. The fraction of sp³-hybridized carbons (Fsp3) is 0.0769. The Morgan fingerprint density at radius 1 is 1.33 bits per heavy atom. The zero-order chi connectivity index (χ0) is 13.1. The molecule has 1 aromatic carbocycles. The molecule has 0 fully saturated rings. The van der Waals surface area contributed by atoms with E-state index in [2.05, 4.69) is 4.98 Å². The molecule has 1 heterocycles. The van der Waals surface area contributed by atoms with E-state index >= 15 is 0 Å². The molecule has 92 valence electrons. The number of carbonyl (C=O) groups excluding carboxylic acids is 1. The SMILES string of the molecule is Cc1cccc(Oc2ccnc(C(N)=O)c2)c1N. The molecule has 0 aliphatic carbocycles. The largest absolute Gasteiger partial charge is 0.455 e. The van der Waals surface area contributed by atoms with Gasteiger partial charge in [0.25, 0.3) is 5.91 Å². The van der Waals surface area contributed by atoms with Crippen LogP contribution in [0.15, 0.2) is 36.5 Å². The average molecular weight is 243 g/mol. The normalized spacial score (nSPS) is 10.1. The number of ether oxygens (including phenoxy) is 1. The molecule has 5 heteroatoms. The van der Waals surface area contributed by atoms with Crippen molar-refractivity contribution >= 4 is 11.6 Å². The molecule has 0 atom stereocenters. The van der Waals surface area contributed by atoms with Crippen LogP contribution < -0.4 is 16.2 Å². The molecule has 0 unspecified atom stereocenters. The second kappa shape index (κ2) is 4.75. The molecule has 0 aliphatic heterocycles. The molecule has 2 rings (SSSR count). The summed E-state index contributed by atoms with van der Waals surface area (Å²) in [4.78, 5) is 14.8. The Bertz CT molecular complexity index is 597. The van der Waals surface area contributed by atoms with E-state index in [1.165, 1.54) is 12.3 Å². The molecule has 4 N–H and O–H groups in total. The third kappa shape index (κ3) is 2.40. The summed E-state index contributed by atoms with van der Waals surface area (Å²) in [5.74, 6) is 0.408. The highest BCUT2D eigenvalue weighted by Gasteiger charge is 2.07. The molecule has 1 amide bonds. The van der Waals surface area contributed by atoms with E-state index in [1.54, 1.807) is 12.1 Å². The van der Waals surface area contributed by atoms with Gasteiger partial charge in [-0.15, -0.1) is 0 Å². The van der Waals surface area contributed by atoms with Gasteiger partial charge in [-0.2, -0.15) is 0 Å². The highest BCUT2D eigenvalue weighted by atomic mass is 16.5. The first kappa shape index (κ1) is 11.9. The van der Waals surface area contributed by atoms with Gasteiger partial charge in [-0.25, -0.2) is 0 Å². The van der Waals surface area contributed by atoms with Gasteiger partial charge in [-0.1, -0.05) is 12.1 Å². The highest BCUT2D eigenvalue weighted by Crippen LogP contribution is 2.29. The van der Waals surface area contributed by atoms with Crippen LogP contribution in [0.5, 0.6) is 11.5 Å². The first-order valence-electron chi connectivity index (χ1n) is 5.36. The van der Waals surface area contributed by atoms with E-state index in [0.29, 0.717) is 17.2 Å². The van der Waals surface area contributed by atoms with Gasteiger partial charge in [0.05, 0.1) is 5.69 Å². The van der Waals surface area contributed by atoms with Gasteiger partial charge in [0, 0.05) is 12.3 Å². The molecule has 0 bridgehead atoms. The topological polar surface area (TPSA) is 91.2 Å². The van der Waals surface area contributed by atoms with Crippen molar-refractivity contribution in [1.82, 2.24) is 4.98 Å². The van der Waals surface area contributed by atoms with Gasteiger partial charge >= 0.3 is 0 Å². The number of para-hydroxylation sites is 1. The number of primary amides is 1. The van der Waals surface area contributed by atoms with Crippen molar-refractivity contribution in [2.45, 2.75) is 6.92 Å². The predicted molar refractivity (Wildman–Crippen MR) is 68.4 cm³/mol. The lowest BCUT2D eigenvalue weighted by atomic mass is 10.2. The Hall–Kier alpha value is -2.56. The van der Waals surface area contributed by atoms with Crippen LogP contribution in [0.4, 0.5) is 5.69 Å². The minimum absolute atomic E-state index is 0.152. The van der Waals surface area contributed by atoms with Crippen LogP contribution in [0.3, 0.4) is 0 Å². The standard InChI is InChI=1S/C13H13N3O2/c1-8-3-2-4-11(12(8)14)18-9-5-6-16-10(7-9)13(15)17/h2-7H,14H2,1H3,(H2,15,17). The van der Waals surface area contributed by atoms with Gasteiger partial charge in [0.15, 0.2) is 5.75 Å². The molecular formula is C13H13N3O2. The van der Waals surface area contributed by atoms with Crippen molar-refractivity contribution in [3.05, 3.63) is 47.8 Å². The van der Waals surface area contributed by atoms with Crippen LogP contribution in [-0.2, 0) is 0 Å². The minimum Gasteiger partial charge on any atom is -0.455 e. The average Bonchev–Trinajstić information content (AvgIpc) is 2.35. The maximum absolute atomic E-state index is 11.0. The van der Waals surface area contributed by atoms with E-state index in [0.717, 1.165) is 5.56 Å². The lowest BCUT2D eigenvalue weighted by Gasteiger charge is -2.10. The molecule has 0 aliphatic rings. The zero-order valence-electron chi connectivity index (χ0n) is 9.88. The number of hydrogen-bond donors (Lipinski definition) is 2. The van der Waals surface area contributed by atoms with Crippen LogP contribution in [0, 0.1) is 6.92 Å². The first-order chi connectivity index (χ1) is 8.58. The zero-order valence-corrected chi connectivity index (χ0v) is 9.88. The quantitative estimate of drug-likeness (QED) is 0.805. The van der Waals surface area contributed by atoms with Gasteiger partial charge in [0.2, 0.25) is 0 Å². The van der Waals surface area contributed by atoms with Gasteiger partial charge in [-0.05, 0) is 24.6 Å². The number of nitrogens with two attached hydrogens (primary N) is 2. The third-order valence-electron chi connectivity index (χ3n) is 2.50. The van der Waals surface area contributed by atoms with Gasteiger partial charge in [-0.3, -0.25) is 9.78 Å². The lowest BCUT2D eigenvalue weighted by Crippen LogP contribution is -2.12. The van der Waals surface area contributed by atoms with Crippen LogP contribution in [-0.4, -0.2) is 10.9 Å². The van der Waals surface area contributed by atoms with E-state index in [4.69, 9.17) is 16.2 Å². The molecule has 0 spiro atoms. The fourth-order valence-electron chi connectivity index (χ4n) is 1.48. The summed E-state index contributed by atoms with van der Waals surface area (Å²) >= 11 is 0. The molecular weight excluding hydrogens is 230 g/mol. The maximum Gasteiger partial charge on any atom is 0.267 e. The summed E-state index contributed by atoms with van der Waals surface area (Å²) < 4.78 is 5.61. The van der Waals surface area contributed by atoms with Crippen LogP contribution in [0.1, 0.15) is 16.1 Å². The van der Waals surface area contributed by atoms with Crippen molar-refractivity contribution in [3.63, 3.8) is 0 Å². The number of carbonyl (C=O) groups is 1. The third-order valence-corrected chi connectivity index (χ3v) is 2.50. The van der Waals surface area contributed by atoms with Crippen LogP contribution in [0.25, 0.3) is 0 Å². The highest BCUT2D eigenvalue weighted by molar-refractivity contribution is 5.91. The molecule has 0 radical (unpaired) electrons. The Kier molecular flexibility index (Phi) is 3.14. The molecule has 5 nitrogen and oxygen atoms in total. The van der Waals surface area contributed by atoms with Crippen molar-refractivity contribution in [2.75, 3.05) is 5.73 Å². The maximum atomic E-state index is 11.0. The molecule has 0 saturated carbocycles. The summed E-state index contributed by atoms with van der Waals surface area (Å²) in [6.45, 7) is 1.89. The van der Waals surface area contributed by atoms with Crippen molar-refractivity contribution in [1.29, 1.82) is 0 Å². The van der Waals surface area contributed by atoms with Crippen LogP contribution >= 0.6 is 0 Å². The predicted octanol–water partition coefficient (Wildman–Crippen LogP) is 1.86. The Balaban J connectivity index is 2.31. The monoisotopic (exact) mass is 243 g/mol. The van der Waals surface area contributed by atoms with Crippen molar-refractivity contribution in [3.8, 4) is 11.5 Å². The lowest BCUT2D eigenvalue weighted by molar-refractivity contribution is 0.0995. The van der Waals surface area contributed by atoms with Crippen molar-refractivity contribution in [2.24, 2.45) is 5.73 Å². The number of rotatable bonds is 3. The summed E-state index contributed by atoms with van der Waals surface area (Å²) in [6.07, 6.45) is 1.46. The van der Waals surface area contributed by atoms with E-state index in [9.17, 15) is 4.79 Å². The number of aryl methyl sites for hydroxylation is 1. The van der Waals surface area contributed by atoms with E-state index < -0.39 is 5.91 Å². The van der Waals surface area contributed by atoms with Crippen LogP contribution in [0.2, 0.25) is 0 Å². The van der Waals surface area contributed by atoms with Crippen molar-refractivity contribution < 1.29 is 9.53 Å². The molecule has 18 heavy (non-hydrogen) atoms. The molecule has 2 aromatic rings. The number of nitrogen functional groups attached to an aromatic ring is 1. The number of benzene rings is 1. The summed E-state index contributed by atoms with van der Waals surface area (Å²) in [7, 11) is 0. The Labute approximate surface area is 104 Å². The second-order valence-electron chi connectivity index (χ2n) is 3.83. The smallest absolute Gasteiger partial charge is 0.267 e. The fourth-order valence-corrected chi connectivity index (χ4v) is 1.48. The summed E-state index contributed by atoms with van der Waals surface area (Å²) in [6, 6.07) is 8.60. The second-order valence-corrected chi connectivity index (χ2v) is 3.83. The Morgan fingerprint density at radius 2 is 2.11 bits per heavy atom. The minimum atomic E-state index is -0.599. The summed E-state index contributed by atoms with van der Waals surface area (Å²) in [5.41, 5.74) is 12.7. The molecule has 1 aromatic heterocycles. The van der Waals surface area contributed by atoms with E-state index in [-0.39, 0.29) is 5.69 Å². The summed E-state index contributed by atoms with van der Waals surface area (Å²) in [5, 5.41) is 0. The van der Waals surface area contributed by atoms with E-state index in [1.807, 2.05) is 19.1 Å². The number of hydrogen-bond acceptors (Lipinski definition) is 4. The molecule has 0 saturated heterocycles. The number of amides is 1. The van der Waals surface area contributed by atoms with Gasteiger partial charge in [0.1, 0.15) is 11.4 Å². The number of anilines is 1. The number of aromatic nitrogens is 1. The number of pyridine rings is 1.